The van der Waals surface area contributed by atoms with Crippen LogP contribution < -0.4 is 5.32 Å². The molecule has 0 amide bonds. The molecule has 8 nitrogen and oxygen atoms in total. The highest BCUT2D eigenvalue weighted by Crippen LogP contribution is 2.26. The Labute approximate surface area is 124 Å². The minimum atomic E-state index is -3.94. The molecule has 0 spiro atoms. The number of carbonyl (C=O) groups is 1. The average Bonchev–Trinajstić information content (AvgIpc) is 2.95. The second-order valence-corrected chi connectivity index (χ2v) is 6.95. The van der Waals surface area contributed by atoms with Crippen molar-refractivity contribution in [3.8, 4) is 0 Å². The van der Waals surface area contributed by atoms with Gasteiger partial charge < -0.3 is 10.4 Å². The van der Waals surface area contributed by atoms with E-state index >= 15 is 0 Å². The van der Waals surface area contributed by atoms with Crippen LogP contribution in [0.5, 0.6) is 0 Å². The van der Waals surface area contributed by atoms with Gasteiger partial charge in [-0.1, -0.05) is 6.07 Å². The molecule has 3 rings (SSSR count). The number of hydrogen-bond acceptors (Lipinski definition) is 7. The van der Waals surface area contributed by atoms with Gasteiger partial charge in [-0.3, -0.25) is 4.79 Å². The van der Waals surface area contributed by atoms with Crippen LogP contribution in [0.1, 0.15) is 0 Å². The molecule has 10 heteroatoms. The van der Waals surface area contributed by atoms with Gasteiger partial charge in [-0.25, -0.2) is 8.42 Å². The molecular formula is C11H12N4O4S2. The smallest absolute Gasteiger partial charge is 0.323 e. The van der Waals surface area contributed by atoms with Crippen molar-refractivity contribution in [2.75, 3.05) is 19.6 Å². The normalized spacial score (nSPS) is 20.7. The summed E-state index contributed by atoms with van der Waals surface area (Å²) in [5, 5.41) is 12.1. The summed E-state index contributed by atoms with van der Waals surface area (Å²) in [5.74, 6) is -1.17. The summed E-state index contributed by atoms with van der Waals surface area (Å²) in [4.78, 5) is 11.3. The quantitative estimate of drug-likeness (QED) is 0.798. The molecule has 1 unspecified atom stereocenters. The number of nitrogens with one attached hydrogen (secondary N) is 1. The molecule has 1 aliphatic heterocycles. The molecule has 0 aliphatic carbocycles. The lowest BCUT2D eigenvalue weighted by atomic mass is 10.2. The molecule has 2 heterocycles. The second-order valence-electron chi connectivity index (χ2n) is 4.56. The number of hydrogen-bond donors (Lipinski definition) is 2. The van der Waals surface area contributed by atoms with Crippen molar-refractivity contribution in [2.24, 2.45) is 0 Å². The number of piperazine rings is 1. The Bertz CT molecular complexity index is 788. The third-order valence-electron chi connectivity index (χ3n) is 3.31. The largest absolute Gasteiger partial charge is 0.480 e. The Kier molecular flexibility index (Phi) is 3.61. The van der Waals surface area contributed by atoms with Crippen LogP contribution in [0.15, 0.2) is 23.1 Å². The highest BCUT2D eigenvalue weighted by atomic mass is 32.2. The number of carboxylic acid groups (broad SMARTS) is 1. The van der Waals surface area contributed by atoms with E-state index in [0.717, 1.165) is 16.0 Å². The van der Waals surface area contributed by atoms with Gasteiger partial charge in [0.1, 0.15) is 22.0 Å². The first-order chi connectivity index (χ1) is 10.0. The standard InChI is InChI=1S/C11H12N4O4S2/c16-11(17)8-6-12-4-5-15(8)21(18,19)9-3-1-2-7-10(9)14-20-13-7/h1-3,8,12H,4-6H2,(H,16,17). The molecule has 1 fully saturated rings. The molecule has 1 saturated heterocycles. The van der Waals surface area contributed by atoms with Crippen LogP contribution in [0.2, 0.25) is 0 Å². The van der Waals surface area contributed by atoms with Crippen molar-refractivity contribution in [1.82, 2.24) is 18.4 Å². The van der Waals surface area contributed by atoms with Crippen molar-refractivity contribution < 1.29 is 18.3 Å². The molecule has 1 atom stereocenters. The Hall–Kier alpha value is -1.62. The molecule has 0 saturated carbocycles. The van der Waals surface area contributed by atoms with Gasteiger partial charge in [0.25, 0.3) is 0 Å². The van der Waals surface area contributed by atoms with E-state index in [2.05, 4.69) is 14.1 Å². The molecule has 112 valence electrons. The van der Waals surface area contributed by atoms with Gasteiger partial charge in [-0.15, -0.1) is 0 Å². The van der Waals surface area contributed by atoms with E-state index in [1.165, 1.54) is 6.07 Å². The van der Waals surface area contributed by atoms with Crippen LogP contribution in [0.3, 0.4) is 0 Å². The number of aliphatic carboxylic acids is 1. The lowest BCUT2D eigenvalue weighted by Gasteiger charge is -2.32. The third-order valence-corrected chi connectivity index (χ3v) is 5.80. The van der Waals surface area contributed by atoms with Gasteiger partial charge in [0.05, 0.1) is 11.7 Å². The summed E-state index contributed by atoms with van der Waals surface area (Å²) in [7, 11) is -3.94. The molecule has 0 bridgehead atoms. The summed E-state index contributed by atoms with van der Waals surface area (Å²) in [5.41, 5.74) is 0.772. The van der Waals surface area contributed by atoms with Gasteiger partial charge >= 0.3 is 5.97 Å². The van der Waals surface area contributed by atoms with Gasteiger partial charge in [-0.2, -0.15) is 13.1 Å². The minimum absolute atomic E-state index is 0.00176. The highest BCUT2D eigenvalue weighted by molar-refractivity contribution is 7.89. The fourth-order valence-corrected chi connectivity index (χ4v) is 4.64. The first-order valence-electron chi connectivity index (χ1n) is 6.18. The monoisotopic (exact) mass is 328 g/mol. The van der Waals surface area contributed by atoms with E-state index in [9.17, 15) is 18.3 Å². The fraction of sp³-hybridized carbons (Fsp3) is 0.364. The lowest BCUT2D eigenvalue weighted by Crippen LogP contribution is -2.56. The SMILES string of the molecule is O=C(O)C1CNCCN1S(=O)(=O)c1cccc2nsnc12. The van der Waals surface area contributed by atoms with Gasteiger partial charge in [0.15, 0.2) is 0 Å². The predicted octanol–water partition coefficient (Wildman–Crippen LogP) is -0.262. The summed E-state index contributed by atoms with van der Waals surface area (Å²) >= 11 is 0.925. The van der Waals surface area contributed by atoms with Crippen LogP contribution in [0, 0.1) is 0 Å². The summed E-state index contributed by atoms with van der Waals surface area (Å²) in [6.45, 7) is 0.599. The lowest BCUT2D eigenvalue weighted by molar-refractivity contribution is -0.141. The number of aromatic nitrogens is 2. The van der Waals surface area contributed by atoms with Gasteiger partial charge in [0, 0.05) is 19.6 Å². The number of sulfonamides is 1. The molecule has 0 radical (unpaired) electrons. The van der Waals surface area contributed by atoms with E-state index in [-0.39, 0.29) is 23.5 Å². The van der Waals surface area contributed by atoms with Crippen molar-refractivity contribution in [3.05, 3.63) is 18.2 Å². The first kappa shape index (κ1) is 14.3. The molecule has 1 aromatic carbocycles. The van der Waals surface area contributed by atoms with Crippen molar-refractivity contribution in [3.63, 3.8) is 0 Å². The van der Waals surface area contributed by atoms with Crippen LogP contribution in [0.4, 0.5) is 0 Å². The number of nitrogens with zero attached hydrogens (tertiary/aromatic N) is 3. The predicted molar refractivity (Wildman–Crippen MR) is 75.6 cm³/mol. The van der Waals surface area contributed by atoms with Crippen LogP contribution in [-0.2, 0) is 14.8 Å². The first-order valence-corrected chi connectivity index (χ1v) is 8.35. The zero-order chi connectivity index (χ0) is 15.0. The highest BCUT2D eigenvalue weighted by Gasteiger charge is 2.38. The van der Waals surface area contributed by atoms with E-state index < -0.39 is 22.0 Å². The van der Waals surface area contributed by atoms with Gasteiger partial charge in [0.2, 0.25) is 10.0 Å². The van der Waals surface area contributed by atoms with E-state index in [1.807, 2.05) is 0 Å². The fourth-order valence-electron chi connectivity index (χ4n) is 2.30. The van der Waals surface area contributed by atoms with Crippen LogP contribution in [0.25, 0.3) is 11.0 Å². The Morgan fingerprint density at radius 2 is 2.24 bits per heavy atom. The molecule has 21 heavy (non-hydrogen) atoms. The Balaban J connectivity index is 2.11. The number of carboxylic acids is 1. The topological polar surface area (TPSA) is 112 Å². The number of fused-ring (bicyclic) bond motifs is 1. The molecule has 2 N–H and O–H groups in total. The van der Waals surface area contributed by atoms with Crippen molar-refractivity contribution >= 4 is 38.8 Å². The maximum absolute atomic E-state index is 12.8. The Morgan fingerprint density at radius 1 is 1.43 bits per heavy atom. The maximum Gasteiger partial charge on any atom is 0.323 e. The summed E-state index contributed by atoms with van der Waals surface area (Å²) < 4.78 is 34.6. The Morgan fingerprint density at radius 3 is 3.00 bits per heavy atom. The molecule has 1 aliphatic rings. The third kappa shape index (κ3) is 2.39. The average molecular weight is 328 g/mol. The second kappa shape index (κ2) is 5.30. The van der Waals surface area contributed by atoms with E-state index in [4.69, 9.17) is 0 Å². The van der Waals surface area contributed by atoms with Crippen molar-refractivity contribution in [1.29, 1.82) is 0 Å². The van der Waals surface area contributed by atoms with E-state index in [0.29, 0.717) is 12.1 Å². The number of rotatable bonds is 3. The maximum atomic E-state index is 12.8. The number of benzene rings is 1. The van der Waals surface area contributed by atoms with Crippen molar-refractivity contribution in [2.45, 2.75) is 10.9 Å². The molecule has 1 aromatic heterocycles. The van der Waals surface area contributed by atoms with E-state index in [1.54, 1.807) is 12.1 Å². The molecular weight excluding hydrogens is 316 g/mol. The zero-order valence-corrected chi connectivity index (χ0v) is 12.4. The summed E-state index contributed by atoms with van der Waals surface area (Å²) in [6, 6.07) is 3.56. The zero-order valence-electron chi connectivity index (χ0n) is 10.8. The van der Waals surface area contributed by atoms with Crippen LogP contribution in [-0.4, -0.2) is 58.2 Å². The van der Waals surface area contributed by atoms with Crippen LogP contribution >= 0.6 is 11.7 Å². The minimum Gasteiger partial charge on any atom is -0.480 e. The van der Waals surface area contributed by atoms with Gasteiger partial charge in [-0.05, 0) is 12.1 Å². The summed E-state index contributed by atoms with van der Waals surface area (Å²) in [6.07, 6.45) is 0. The molecule has 2 aromatic rings.